The second-order valence-electron chi connectivity index (χ2n) is 1.90. The van der Waals surface area contributed by atoms with E-state index < -0.39 is 0 Å². The first kappa shape index (κ1) is 7.47. The molecule has 1 aromatic carbocycles. The molecular weight excluding hydrogens is 244 g/mol. The SMILES string of the molecule is Cc1ccc(S[TeH])cc1. The number of aryl methyl sites for hydroxylation is 1. The summed E-state index contributed by atoms with van der Waals surface area (Å²) in [6.45, 7) is 2.11. The zero-order valence-electron chi connectivity index (χ0n) is 5.16. The van der Waals surface area contributed by atoms with Crippen molar-refractivity contribution in [1.82, 2.24) is 0 Å². The number of rotatable bonds is 1. The van der Waals surface area contributed by atoms with E-state index in [1.165, 1.54) is 10.5 Å². The Balaban J connectivity index is 2.88. The van der Waals surface area contributed by atoms with Gasteiger partial charge in [-0.05, 0) is 0 Å². The van der Waals surface area contributed by atoms with E-state index in [9.17, 15) is 0 Å². The summed E-state index contributed by atoms with van der Waals surface area (Å²) < 4.78 is 0. The number of hydrogen-bond donors (Lipinski definition) is 0. The van der Waals surface area contributed by atoms with Crippen LogP contribution in [0.4, 0.5) is 0 Å². The topological polar surface area (TPSA) is 0 Å². The molecule has 0 radical (unpaired) electrons. The molecule has 0 aliphatic rings. The van der Waals surface area contributed by atoms with Crippen LogP contribution in [0.2, 0.25) is 0 Å². The van der Waals surface area contributed by atoms with E-state index in [0.717, 1.165) is 0 Å². The second kappa shape index (κ2) is 3.51. The standard InChI is InChI=1S/C7H8STe/c1-6-2-4-7(8-9)5-3-6/h2-5,9H,1H3. The van der Waals surface area contributed by atoms with Crippen molar-refractivity contribution in [2.75, 3.05) is 0 Å². The van der Waals surface area contributed by atoms with Gasteiger partial charge in [-0.1, -0.05) is 0 Å². The van der Waals surface area contributed by atoms with Gasteiger partial charge in [-0.3, -0.25) is 0 Å². The predicted octanol–water partition coefficient (Wildman–Crippen LogP) is 1.90. The molecule has 0 N–H and O–H groups in total. The van der Waals surface area contributed by atoms with Crippen molar-refractivity contribution in [3.05, 3.63) is 29.8 Å². The Morgan fingerprint density at radius 3 is 2.22 bits per heavy atom. The maximum absolute atomic E-state index is 2.15. The molecule has 0 bridgehead atoms. The Kier molecular flexibility index (Phi) is 2.91. The molecule has 0 aromatic heterocycles. The van der Waals surface area contributed by atoms with Crippen LogP contribution in [-0.2, 0) is 0 Å². The molecule has 1 rings (SSSR count). The van der Waals surface area contributed by atoms with Crippen molar-refractivity contribution in [3.63, 3.8) is 0 Å². The Bertz CT molecular complexity index is 181. The fourth-order valence-corrected chi connectivity index (χ4v) is 1.90. The molecule has 0 nitrogen and oxygen atoms in total. The van der Waals surface area contributed by atoms with E-state index in [1.54, 1.807) is 20.9 Å². The van der Waals surface area contributed by atoms with Crippen LogP contribution in [0.15, 0.2) is 29.2 Å². The van der Waals surface area contributed by atoms with Gasteiger partial charge in [0.15, 0.2) is 0 Å². The van der Waals surface area contributed by atoms with Gasteiger partial charge in [0.2, 0.25) is 0 Å². The molecule has 0 fully saturated rings. The maximum atomic E-state index is 2.15. The van der Waals surface area contributed by atoms with E-state index in [4.69, 9.17) is 0 Å². The first-order valence-electron chi connectivity index (χ1n) is 2.71. The average Bonchev–Trinajstić information content (AvgIpc) is 1.90. The molecule has 0 saturated heterocycles. The van der Waals surface area contributed by atoms with Crippen LogP contribution in [0.1, 0.15) is 5.56 Å². The van der Waals surface area contributed by atoms with Crippen LogP contribution >= 0.6 is 8.99 Å². The Morgan fingerprint density at radius 2 is 1.78 bits per heavy atom. The molecule has 0 unspecified atom stereocenters. The van der Waals surface area contributed by atoms with Gasteiger partial charge in [0.05, 0.1) is 0 Å². The fraction of sp³-hybridized carbons (Fsp3) is 0.143. The van der Waals surface area contributed by atoms with Crippen LogP contribution in [0, 0.1) is 6.92 Å². The Hall–Kier alpha value is 0.360. The molecule has 0 amide bonds. The first-order chi connectivity index (χ1) is 4.33. The van der Waals surface area contributed by atoms with E-state index >= 15 is 0 Å². The second-order valence-corrected chi connectivity index (χ2v) is 4.12. The predicted molar refractivity (Wildman–Crippen MR) is 44.2 cm³/mol. The summed E-state index contributed by atoms with van der Waals surface area (Å²) in [4.78, 5) is 1.36. The summed E-state index contributed by atoms with van der Waals surface area (Å²) in [6.07, 6.45) is 0. The van der Waals surface area contributed by atoms with Crippen molar-refractivity contribution in [2.45, 2.75) is 11.8 Å². The zero-order chi connectivity index (χ0) is 6.69. The normalized spacial score (nSPS) is 9.56. The Morgan fingerprint density at radius 1 is 1.22 bits per heavy atom. The third-order valence-corrected chi connectivity index (χ3v) is 3.41. The monoisotopic (exact) mass is 254 g/mol. The van der Waals surface area contributed by atoms with Gasteiger partial charge >= 0.3 is 71.6 Å². The van der Waals surface area contributed by atoms with Crippen LogP contribution in [0.5, 0.6) is 0 Å². The van der Waals surface area contributed by atoms with Crippen LogP contribution in [0.25, 0.3) is 0 Å². The molecule has 1 aromatic rings. The third-order valence-electron chi connectivity index (χ3n) is 1.13. The molecule has 48 valence electrons. The molecule has 0 spiro atoms. The van der Waals surface area contributed by atoms with E-state index in [-0.39, 0.29) is 0 Å². The number of hydrogen-bond acceptors (Lipinski definition) is 1. The molecular formula is C7H8STe. The molecule has 0 atom stereocenters. The molecule has 0 aliphatic heterocycles. The molecule has 0 aliphatic carbocycles. The van der Waals surface area contributed by atoms with Crippen LogP contribution in [-0.4, -0.2) is 20.9 Å². The van der Waals surface area contributed by atoms with Gasteiger partial charge in [0.1, 0.15) is 0 Å². The summed E-state index contributed by atoms with van der Waals surface area (Å²) in [7, 11) is 1.83. The van der Waals surface area contributed by atoms with Crippen molar-refractivity contribution >= 4 is 29.9 Å². The number of benzene rings is 1. The molecule has 9 heavy (non-hydrogen) atoms. The Labute approximate surface area is 71.4 Å². The van der Waals surface area contributed by atoms with Gasteiger partial charge in [-0.2, -0.15) is 0 Å². The van der Waals surface area contributed by atoms with Crippen molar-refractivity contribution in [3.8, 4) is 0 Å². The minimum atomic E-state index is 1.33. The van der Waals surface area contributed by atoms with Crippen molar-refractivity contribution in [1.29, 1.82) is 0 Å². The van der Waals surface area contributed by atoms with E-state index in [0.29, 0.717) is 0 Å². The summed E-state index contributed by atoms with van der Waals surface area (Å²) in [6, 6.07) is 8.58. The van der Waals surface area contributed by atoms with Gasteiger partial charge in [0.25, 0.3) is 0 Å². The van der Waals surface area contributed by atoms with Gasteiger partial charge in [-0.15, -0.1) is 0 Å². The van der Waals surface area contributed by atoms with Crippen molar-refractivity contribution in [2.24, 2.45) is 0 Å². The molecule has 2 heteroatoms. The van der Waals surface area contributed by atoms with E-state index in [1.807, 2.05) is 8.99 Å². The fourth-order valence-electron chi connectivity index (χ4n) is 0.599. The first-order valence-corrected chi connectivity index (χ1v) is 6.61. The van der Waals surface area contributed by atoms with Gasteiger partial charge < -0.3 is 0 Å². The summed E-state index contributed by atoms with van der Waals surface area (Å²) in [5.41, 5.74) is 1.33. The molecule has 0 saturated carbocycles. The summed E-state index contributed by atoms with van der Waals surface area (Å²) in [5.74, 6) is 0. The van der Waals surface area contributed by atoms with Crippen molar-refractivity contribution < 1.29 is 0 Å². The van der Waals surface area contributed by atoms with Crippen LogP contribution < -0.4 is 0 Å². The van der Waals surface area contributed by atoms with Gasteiger partial charge in [-0.25, -0.2) is 0 Å². The van der Waals surface area contributed by atoms with Gasteiger partial charge in [0, 0.05) is 0 Å². The average molecular weight is 252 g/mol. The minimum absolute atomic E-state index is 1.33. The van der Waals surface area contributed by atoms with E-state index in [2.05, 4.69) is 31.2 Å². The quantitative estimate of drug-likeness (QED) is 0.687. The summed E-state index contributed by atoms with van der Waals surface area (Å²) in [5, 5.41) is 0. The summed E-state index contributed by atoms with van der Waals surface area (Å²) >= 11 is 1.77. The molecule has 0 heterocycles. The zero-order valence-corrected chi connectivity index (χ0v) is 8.53. The third kappa shape index (κ3) is 2.21. The van der Waals surface area contributed by atoms with Crippen LogP contribution in [0.3, 0.4) is 0 Å².